The van der Waals surface area contributed by atoms with Crippen molar-refractivity contribution >= 4 is 5.78 Å². The van der Waals surface area contributed by atoms with Crippen LogP contribution < -0.4 is 0 Å². The average Bonchev–Trinajstić information content (AvgIpc) is 2.06. The van der Waals surface area contributed by atoms with Gasteiger partial charge in [0.2, 0.25) is 0 Å². The predicted molar refractivity (Wildman–Crippen MR) is 44.3 cm³/mol. The van der Waals surface area contributed by atoms with Gasteiger partial charge < -0.3 is 0 Å². The minimum atomic E-state index is 0.363. The molecule has 0 amide bonds. The first-order valence-electron chi connectivity index (χ1n) is 4.30. The highest BCUT2D eigenvalue weighted by atomic mass is 16.1. The topological polar surface area (TPSA) is 17.1 Å². The van der Waals surface area contributed by atoms with Gasteiger partial charge in [-0.25, -0.2) is 0 Å². The van der Waals surface area contributed by atoms with Crippen LogP contribution in [-0.4, -0.2) is 5.78 Å². The van der Waals surface area contributed by atoms with E-state index in [-0.39, 0.29) is 0 Å². The molecule has 0 saturated heterocycles. The molecule has 0 N–H and O–H groups in total. The Balaban J connectivity index is 2.35. The zero-order valence-corrected chi connectivity index (χ0v) is 6.60. The minimum absolute atomic E-state index is 0.363. The van der Waals surface area contributed by atoms with Gasteiger partial charge in [-0.2, -0.15) is 0 Å². The van der Waals surface area contributed by atoms with Gasteiger partial charge in [-0.05, 0) is 25.7 Å². The van der Waals surface area contributed by atoms with Crippen molar-refractivity contribution in [2.45, 2.75) is 32.1 Å². The third-order valence-electron chi connectivity index (χ3n) is 2.46. The summed E-state index contributed by atoms with van der Waals surface area (Å²) >= 11 is 0. The monoisotopic (exact) mass is 148 g/mol. The molecule has 0 heterocycles. The van der Waals surface area contributed by atoms with Crippen molar-refractivity contribution in [1.82, 2.24) is 0 Å². The number of ketones is 1. The normalized spacial score (nSPS) is 23.8. The SMILES string of the molecule is O=C1CCCC2=C1C=CCC2. The molecular weight excluding hydrogens is 136 g/mol. The van der Waals surface area contributed by atoms with Crippen LogP contribution in [-0.2, 0) is 4.79 Å². The highest BCUT2D eigenvalue weighted by molar-refractivity contribution is 5.99. The molecular formula is C10H12O. The predicted octanol–water partition coefficient (Wildman–Crippen LogP) is 2.39. The molecule has 58 valence electrons. The Hall–Kier alpha value is -0.850. The molecule has 11 heavy (non-hydrogen) atoms. The van der Waals surface area contributed by atoms with E-state index in [0.29, 0.717) is 5.78 Å². The van der Waals surface area contributed by atoms with E-state index in [1.165, 1.54) is 5.57 Å². The van der Waals surface area contributed by atoms with Crippen LogP contribution in [0.5, 0.6) is 0 Å². The van der Waals surface area contributed by atoms with E-state index in [2.05, 4.69) is 6.08 Å². The number of Topliss-reactive ketones (excluding diaryl/α,β-unsaturated/α-hetero) is 1. The number of hydrogen-bond donors (Lipinski definition) is 0. The second-order valence-corrected chi connectivity index (χ2v) is 3.24. The lowest BCUT2D eigenvalue weighted by Crippen LogP contribution is -2.11. The first kappa shape index (κ1) is 6.84. The maximum Gasteiger partial charge on any atom is 0.162 e. The number of hydrogen-bond acceptors (Lipinski definition) is 1. The van der Waals surface area contributed by atoms with Crippen molar-refractivity contribution in [3.05, 3.63) is 23.3 Å². The van der Waals surface area contributed by atoms with Crippen molar-refractivity contribution in [3.63, 3.8) is 0 Å². The van der Waals surface area contributed by atoms with E-state index in [9.17, 15) is 4.79 Å². The maximum atomic E-state index is 11.3. The summed E-state index contributed by atoms with van der Waals surface area (Å²) in [5.41, 5.74) is 2.44. The van der Waals surface area contributed by atoms with E-state index in [4.69, 9.17) is 0 Å². The van der Waals surface area contributed by atoms with E-state index in [1.807, 2.05) is 6.08 Å². The van der Waals surface area contributed by atoms with E-state index < -0.39 is 0 Å². The van der Waals surface area contributed by atoms with Crippen LogP contribution in [0.3, 0.4) is 0 Å². The van der Waals surface area contributed by atoms with Crippen LogP contribution in [0.25, 0.3) is 0 Å². The highest BCUT2D eigenvalue weighted by Gasteiger charge is 2.19. The van der Waals surface area contributed by atoms with Gasteiger partial charge in [0.05, 0.1) is 0 Å². The first-order chi connectivity index (χ1) is 5.38. The van der Waals surface area contributed by atoms with Crippen LogP contribution in [0, 0.1) is 0 Å². The Labute approximate surface area is 66.8 Å². The summed E-state index contributed by atoms with van der Waals surface area (Å²) in [7, 11) is 0. The third kappa shape index (κ3) is 1.15. The van der Waals surface area contributed by atoms with Gasteiger partial charge in [-0.3, -0.25) is 4.79 Å². The van der Waals surface area contributed by atoms with Gasteiger partial charge in [0.1, 0.15) is 0 Å². The fourth-order valence-corrected chi connectivity index (χ4v) is 1.86. The van der Waals surface area contributed by atoms with Crippen molar-refractivity contribution in [2.24, 2.45) is 0 Å². The lowest BCUT2D eigenvalue weighted by Gasteiger charge is -2.19. The molecule has 0 aromatic rings. The minimum Gasteiger partial charge on any atom is -0.294 e. The second-order valence-electron chi connectivity index (χ2n) is 3.24. The standard InChI is InChI=1S/C10H12O/c11-10-7-3-5-8-4-1-2-6-9(8)10/h2,6H,1,3-5,7H2. The van der Waals surface area contributed by atoms with Crippen molar-refractivity contribution < 1.29 is 4.79 Å². The molecule has 0 aromatic heterocycles. The Kier molecular flexibility index (Phi) is 1.65. The molecule has 2 aliphatic carbocycles. The lowest BCUT2D eigenvalue weighted by atomic mass is 9.85. The van der Waals surface area contributed by atoms with Crippen molar-refractivity contribution in [2.75, 3.05) is 0 Å². The van der Waals surface area contributed by atoms with Crippen molar-refractivity contribution in [3.8, 4) is 0 Å². The van der Waals surface area contributed by atoms with E-state index in [0.717, 1.165) is 37.7 Å². The molecule has 2 aliphatic rings. The van der Waals surface area contributed by atoms with Gasteiger partial charge in [0, 0.05) is 12.0 Å². The quantitative estimate of drug-likeness (QED) is 0.515. The average molecular weight is 148 g/mol. The smallest absolute Gasteiger partial charge is 0.162 e. The van der Waals surface area contributed by atoms with Crippen LogP contribution >= 0.6 is 0 Å². The second kappa shape index (κ2) is 2.65. The van der Waals surface area contributed by atoms with E-state index >= 15 is 0 Å². The van der Waals surface area contributed by atoms with Gasteiger partial charge >= 0.3 is 0 Å². The van der Waals surface area contributed by atoms with Gasteiger partial charge in [-0.15, -0.1) is 0 Å². The Morgan fingerprint density at radius 3 is 2.91 bits per heavy atom. The van der Waals surface area contributed by atoms with E-state index in [1.54, 1.807) is 0 Å². The Morgan fingerprint density at radius 1 is 1.18 bits per heavy atom. The van der Waals surface area contributed by atoms with Gasteiger partial charge in [0.15, 0.2) is 5.78 Å². The molecule has 0 fully saturated rings. The van der Waals surface area contributed by atoms with Crippen LogP contribution in [0.1, 0.15) is 32.1 Å². The molecule has 0 aliphatic heterocycles. The lowest BCUT2D eigenvalue weighted by molar-refractivity contribution is -0.115. The van der Waals surface area contributed by atoms with Crippen molar-refractivity contribution in [1.29, 1.82) is 0 Å². The Morgan fingerprint density at radius 2 is 2.09 bits per heavy atom. The Bertz CT molecular complexity index is 246. The van der Waals surface area contributed by atoms with Crippen LogP contribution in [0.2, 0.25) is 0 Å². The fourth-order valence-electron chi connectivity index (χ4n) is 1.86. The van der Waals surface area contributed by atoms with Gasteiger partial charge in [-0.1, -0.05) is 17.7 Å². The molecule has 0 saturated carbocycles. The summed E-state index contributed by atoms with van der Waals surface area (Å²) in [6.07, 6.45) is 9.38. The first-order valence-corrected chi connectivity index (χ1v) is 4.30. The number of carbonyl (C=O) groups excluding carboxylic acids is 1. The zero-order chi connectivity index (χ0) is 7.68. The molecule has 0 unspecified atom stereocenters. The third-order valence-corrected chi connectivity index (χ3v) is 2.46. The molecule has 0 atom stereocenters. The highest BCUT2D eigenvalue weighted by Crippen LogP contribution is 2.29. The largest absolute Gasteiger partial charge is 0.294 e. The molecule has 0 spiro atoms. The summed E-state index contributed by atoms with van der Waals surface area (Å²) in [6.45, 7) is 0. The fraction of sp³-hybridized carbons (Fsp3) is 0.500. The number of carbonyl (C=O) groups is 1. The number of rotatable bonds is 0. The summed E-state index contributed by atoms with van der Waals surface area (Å²) in [6, 6.07) is 0. The molecule has 0 aromatic carbocycles. The maximum absolute atomic E-state index is 11.3. The van der Waals surface area contributed by atoms with Gasteiger partial charge in [0.25, 0.3) is 0 Å². The molecule has 1 heteroatoms. The molecule has 1 nitrogen and oxygen atoms in total. The molecule has 0 bridgehead atoms. The summed E-state index contributed by atoms with van der Waals surface area (Å²) < 4.78 is 0. The van der Waals surface area contributed by atoms with Crippen LogP contribution in [0.4, 0.5) is 0 Å². The summed E-state index contributed by atoms with van der Waals surface area (Å²) in [5.74, 6) is 0.363. The number of allylic oxidation sites excluding steroid dienone is 4. The summed E-state index contributed by atoms with van der Waals surface area (Å²) in [4.78, 5) is 11.3. The molecule has 0 radical (unpaired) electrons. The zero-order valence-electron chi connectivity index (χ0n) is 6.60. The van der Waals surface area contributed by atoms with Crippen LogP contribution in [0.15, 0.2) is 23.3 Å². The molecule has 2 rings (SSSR count). The summed E-state index contributed by atoms with van der Waals surface area (Å²) in [5, 5.41) is 0.